The van der Waals surface area contributed by atoms with Crippen LogP contribution in [0.1, 0.15) is 12.8 Å². The molecule has 3 rings (SSSR count). The van der Waals surface area contributed by atoms with Crippen LogP contribution in [0.3, 0.4) is 0 Å². The quantitative estimate of drug-likeness (QED) is 0.496. The number of rotatable bonds is 6. The molecular weight excluding hydrogens is 301 g/mol. The summed E-state index contributed by atoms with van der Waals surface area (Å²) in [6.45, 7) is -0.0154. The van der Waals surface area contributed by atoms with Crippen molar-refractivity contribution in [3.05, 3.63) is 12.5 Å². The van der Waals surface area contributed by atoms with E-state index in [2.05, 4.69) is 19.5 Å². The Balaban J connectivity index is 1.70. The van der Waals surface area contributed by atoms with Crippen molar-refractivity contribution >= 4 is 24.9 Å². The van der Waals surface area contributed by atoms with Crippen molar-refractivity contribution in [2.45, 2.75) is 25.0 Å². The second-order valence-corrected chi connectivity index (χ2v) is 6.11. The summed E-state index contributed by atoms with van der Waals surface area (Å²) in [6, 6.07) is 0. The first-order valence-electron chi connectivity index (χ1n) is 6.14. The molecule has 0 bridgehead atoms. The molecule has 1 aliphatic carbocycles. The number of imidazole rings is 1. The Bertz CT molecular complexity index is 709. The summed E-state index contributed by atoms with van der Waals surface area (Å²) in [6.07, 6.45) is 4.66. The number of phosphoric ester groups is 1. The number of ether oxygens (including phenoxy) is 1. The van der Waals surface area contributed by atoms with Gasteiger partial charge < -0.3 is 24.8 Å². The Morgan fingerprint density at radius 3 is 2.86 bits per heavy atom. The van der Waals surface area contributed by atoms with E-state index >= 15 is 0 Å². The molecule has 0 saturated heterocycles. The highest BCUT2D eigenvalue weighted by Gasteiger charge is 2.45. The Labute approximate surface area is 119 Å². The minimum absolute atomic E-state index is 0.153. The van der Waals surface area contributed by atoms with Gasteiger partial charge in [-0.2, -0.15) is 4.98 Å². The standard InChI is InChI=1S/C10H14N5O5P/c11-9-12-3-7-8(14-9)15(5-13-7)4-10(1-2-10)19-6-20-21(16,17)18/h3,5H,1-2,4,6H2,(H2,11,12,14)(H2,16,17,18). The van der Waals surface area contributed by atoms with Crippen LogP contribution in [0, 0.1) is 0 Å². The van der Waals surface area contributed by atoms with Gasteiger partial charge in [0.25, 0.3) is 0 Å². The summed E-state index contributed by atoms with van der Waals surface area (Å²) >= 11 is 0. The Morgan fingerprint density at radius 1 is 1.43 bits per heavy atom. The number of hydrogen-bond donors (Lipinski definition) is 3. The fourth-order valence-corrected chi connectivity index (χ4v) is 2.19. The Morgan fingerprint density at radius 2 is 2.19 bits per heavy atom. The van der Waals surface area contributed by atoms with Gasteiger partial charge in [0.1, 0.15) is 5.52 Å². The lowest BCUT2D eigenvalue weighted by Crippen LogP contribution is -2.23. The van der Waals surface area contributed by atoms with E-state index in [1.807, 2.05) is 0 Å². The summed E-state index contributed by atoms with van der Waals surface area (Å²) in [5, 5.41) is 0. The monoisotopic (exact) mass is 315 g/mol. The zero-order chi connectivity index (χ0) is 15.1. The fourth-order valence-electron chi connectivity index (χ4n) is 2.00. The SMILES string of the molecule is Nc1ncc2ncn(CC3(OCOP(=O)(O)O)CC3)c2n1. The van der Waals surface area contributed by atoms with Crippen molar-refractivity contribution in [3.63, 3.8) is 0 Å². The number of phosphoric acid groups is 1. The minimum atomic E-state index is -4.52. The van der Waals surface area contributed by atoms with Crippen LogP contribution in [-0.2, 0) is 20.4 Å². The molecule has 10 nitrogen and oxygen atoms in total. The molecule has 0 atom stereocenters. The van der Waals surface area contributed by atoms with E-state index < -0.39 is 20.2 Å². The van der Waals surface area contributed by atoms with E-state index in [0.29, 0.717) is 17.7 Å². The fraction of sp³-hybridized carbons (Fsp3) is 0.500. The van der Waals surface area contributed by atoms with Gasteiger partial charge in [-0.3, -0.25) is 4.52 Å². The van der Waals surface area contributed by atoms with Crippen LogP contribution >= 0.6 is 7.82 Å². The molecule has 2 heterocycles. The van der Waals surface area contributed by atoms with Crippen molar-refractivity contribution in [1.29, 1.82) is 0 Å². The van der Waals surface area contributed by atoms with E-state index in [1.54, 1.807) is 10.9 Å². The molecule has 0 radical (unpaired) electrons. The average Bonchev–Trinajstić information content (AvgIpc) is 3.03. The number of nitrogens with zero attached hydrogens (tertiary/aromatic N) is 4. The van der Waals surface area contributed by atoms with Crippen LogP contribution in [0.15, 0.2) is 12.5 Å². The maximum Gasteiger partial charge on any atom is 0.471 e. The second-order valence-electron chi connectivity index (χ2n) is 4.87. The van der Waals surface area contributed by atoms with Crippen molar-refractivity contribution in [2.24, 2.45) is 0 Å². The lowest BCUT2D eigenvalue weighted by Gasteiger charge is -2.17. The van der Waals surface area contributed by atoms with E-state index in [0.717, 1.165) is 12.8 Å². The lowest BCUT2D eigenvalue weighted by molar-refractivity contribution is -0.0670. The van der Waals surface area contributed by atoms with Crippen LogP contribution in [0.4, 0.5) is 5.95 Å². The van der Waals surface area contributed by atoms with Gasteiger partial charge >= 0.3 is 7.82 Å². The van der Waals surface area contributed by atoms with Crippen LogP contribution < -0.4 is 5.73 Å². The molecule has 0 unspecified atom stereocenters. The highest BCUT2D eigenvalue weighted by atomic mass is 31.2. The molecule has 0 aromatic carbocycles. The number of aromatic nitrogens is 4. The molecule has 21 heavy (non-hydrogen) atoms. The Hall–Kier alpha value is -1.58. The molecule has 0 spiro atoms. The first kappa shape index (κ1) is 14.4. The summed E-state index contributed by atoms with van der Waals surface area (Å²) in [7, 11) is -4.52. The summed E-state index contributed by atoms with van der Waals surface area (Å²) in [5.41, 5.74) is 6.25. The van der Waals surface area contributed by atoms with E-state index in [-0.39, 0.29) is 5.95 Å². The van der Waals surface area contributed by atoms with Crippen LogP contribution in [0.2, 0.25) is 0 Å². The van der Waals surface area contributed by atoms with Crippen molar-refractivity contribution in [2.75, 3.05) is 12.5 Å². The number of hydrogen-bond acceptors (Lipinski definition) is 7. The molecule has 114 valence electrons. The normalized spacial score (nSPS) is 17.2. The molecule has 2 aromatic heterocycles. The van der Waals surface area contributed by atoms with E-state index in [1.165, 1.54) is 6.20 Å². The number of fused-ring (bicyclic) bond motifs is 1. The first-order valence-corrected chi connectivity index (χ1v) is 7.67. The van der Waals surface area contributed by atoms with Gasteiger partial charge in [-0.15, -0.1) is 0 Å². The molecule has 1 aliphatic rings. The van der Waals surface area contributed by atoms with Gasteiger partial charge in [0.05, 0.1) is 24.7 Å². The number of nitrogen functional groups attached to an aromatic ring is 1. The van der Waals surface area contributed by atoms with E-state index in [4.69, 9.17) is 20.3 Å². The van der Waals surface area contributed by atoms with E-state index in [9.17, 15) is 4.57 Å². The zero-order valence-electron chi connectivity index (χ0n) is 10.9. The highest BCUT2D eigenvalue weighted by molar-refractivity contribution is 7.46. The van der Waals surface area contributed by atoms with Crippen molar-refractivity contribution in [1.82, 2.24) is 19.5 Å². The third kappa shape index (κ3) is 3.36. The third-order valence-corrected chi connectivity index (χ3v) is 3.67. The van der Waals surface area contributed by atoms with Gasteiger partial charge in [-0.1, -0.05) is 0 Å². The maximum absolute atomic E-state index is 10.6. The summed E-state index contributed by atoms with van der Waals surface area (Å²) < 4.78 is 22.1. The van der Waals surface area contributed by atoms with Crippen LogP contribution in [0.5, 0.6) is 0 Å². The van der Waals surface area contributed by atoms with Gasteiger partial charge in [-0.05, 0) is 12.8 Å². The number of nitrogens with two attached hydrogens (primary N) is 1. The average molecular weight is 315 g/mol. The van der Waals surface area contributed by atoms with Gasteiger partial charge in [-0.25, -0.2) is 14.5 Å². The maximum atomic E-state index is 10.6. The molecule has 1 saturated carbocycles. The summed E-state index contributed by atoms with van der Waals surface area (Å²) in [5.74, 6) is 0.153. The van der Waals surface area contributed by atoms with Gasteiger partial charge in [0.15, 0.2) is 12.4 Å². The van der Waals surface area contributed by atoms with Gasteiger partial charge in [0.2, 0.25) is 5.95 Å². The first-order chi connectivity index (χ1) is 9.87. The largest absolute Gasteiger partial charge is 0.471 e. The highest BCUT2D eigenvalue weighted by Crippen LogP contribution is 2.43. The second kappa shape index (κ2) is 5.00. The Kier molecular flexibility index (Phi) is 3.42. The zero-order valence-corrected chi connectivity index (χ0v) is 11.8. The van der Waals surface area contributed by atoms with Crippen LogP contribution in [-0.4, -0.2) is 41.7 Å². The predicted octanol–water partition coefficient (Wildman–Crippen LogP) is 0.0245. The lowest BCUT2D eigenvalue weighted by atomic mass is 10.3. The molecule has 4 N–H and O–H groups in total. The molecule has 11 heteroatoms. The molecule has 0 aliphatic heterocycles. The molecular formula is C10H14N5O5P. The van der Waals surface area contributed by atoms with Crippen molar-refractivity contribution in [3.8, 4) is 0 Å². The topological polar surface area (TPSA) is 146 Å². The summed E-state index contributed by atoms with van der Waals surface area (Å²) in [4.78, 5) is 29.4. The molecule has 2 aromatic rings. The smallest absolute Gasteiger partial charge is 0.368 e. The predicted molar refractivity (Wildman–Crippen MR) is 70.8 cm³/mol. The molecule has 0 amide bonds. The molecule has 1 fully saturated rings. The van der Waals surface area contributed by atoms with Crippen molar-refractivity contribution < 1.29 is 23.6 Å². The minimum Gasteiger partial charge on any atom is -0.368 e. The van der Waals surface area contributed by atoms with Crippen LogP contribution in [0.25, 0.3) is 11.2 Å². The third-order valence-electron chi connectivity index (χ3n) is 3.23. The number of anilines is 1. The van der Waals surface area contributed by atoms with Gasteiger partial charge in [0, 0.05) is 0 Å².